The fraction of sp³-hybridized carbons (Fsp3) is 0.500. The van der Waals surface area contributed by atoms with Crippen LogP contribution in [0.25, 0.3) is 0 Å². The molecule has 1 aromatic carbocycles. The minimum Gasteiger partial charge on any atom is -0.484 e. The van der Waals surface area contributed by atoms with Gasteiger partial charge in [-0.25, -0.2) is 0 Å². The Kier molecular flexibility index (Phi) is 5.65. The van der Waals surface area contributed by atoms with E-state index in [1.807, 2.05) is 6.07 Å². The Bertz CT molecular complexity index is 378. The molecule has 1 aliphatic heterocycles. The van der Waals surface area contributed by atoms with E-state index in [9.17, 15) is 4.79 Å². The maximum atomic E-state index is 11.6. The van der Waals surface area contributed by atoms with Crippen LogP contribution < -0.4 is 10.1 Å². The summed E-state index contributed by atoms with van der Waals surface area (Å²) in [5, 5.41) is 2.84. The zero-order valence-corrected chi connectivity index (χ0v) is 10.9. The van der Waals surface area contributed by atoms with E-state index in [2.05, 4.69) is 16.3 Å². The molecule has 0 aromatic heterocycles. The number of hydrogen-bond acceptors (Lipinski definition) is 4. The third-order valence-electron chi connectivity index (χ3n) is 2.90. The Morgan fingerprint density at radius 3 is 3.05 bits per heavy atom. The zero-order chi connectivity index (χ0) is 13.3. The maximum absolute atomic E-state index is 11.6. The molecule has 1 aliphatic rings. The first-order chi connectivity index (χ1) is 9.34. The van der Waals surface area contributed by atoms with E-state index in [1.54, 1.807) is 18.2 Å². The highest BCUT2D eigenvalue weighted by molar-refractivity contribution is 5.77. The summed E-state index contributed by atoms with van der Waals surface area (Å²) in [4.78, 5) is 13.8. The summed E-state index contributed by atoms with van der Waals surface area (Å²) in [6.45, 7) is 4.97. The van der Waals surface area contributed by atoms with Crippen LogP contribution in [0, 0.1) is 6.07 Å². The van der Waals surface area contributed by atoms with Gasteiger partial charge in [-0.2, -0.15) is 0 Å². The van der Waals surface area contributed by atoms with Gasteiger partial charge in [-0.1, -0.05) is 12.1 Å². The van der Waals surface area contributed by atoms with Crippen LogP contribution in [0.3, 0.4) is 0 Å². The fourth-order valence-electron chi connectivity index (χ4n) is 1.84. The van der Waals surface area contributed by atoms with Crippen LogP contribution in [-0.4, -0.2) is 56.8 Å². The summed E-state index contributed by atoms with van der Waals surface area (Å²) in [7, 11) is 0. The summed E-state index contributed by atoms with van der Waals surface area (Å²) >= 11 is 0. The molecule has 1 aromatic rings. The van der Waals surface area contributed by atoms with Crippen LogP contribution in [0.1, 0.15) is 0 Å². The van der Waals surface area contributed by atoms with Crippen LogP contribution in [0.4, 0.5) is 0 Å². The third kappa shape index (κ3) is 5.28. The van der Waals surface area contributed by atoms with Crippen molar-refractivity contribution in [2.75, 3.05) is 46.0 Å². The smallest absolute Gasteiger partial charge is 0.257 e. The molecule has 1 heterocycles. The van der Waals surface area contributed by atoms with Crippen molar-refractivity contribution in [3.63, 3.8) is 0 Å². The van der Waals surface area contributed by atoms with E-state index in [1.165, 1.54) is 0 Å². The lowest BCUT2D eigenvalue weighted by Gasteiger charge is -2.26. The average Bonchev–Trinajstić information content (AvgIpc) is 2.47. The van der Waals surface area contributed by atoms with Gasteiger partial charge in [-0.3, -0.25) is 9.69 Å². The van der Waals surface area contributed by atoms with Crippen molar-refractivity contribution in [2.45, 2.75) is 0 Å². The number of rotatable bonds is 6. The first-order valence-corrected chi connectivity index (χ1v) is 6.50. The lowest BCUT2D eigenvalue weighted by Crippen LogP contribution is -2.42. The second kappa shape index (κ2) is 7.76. The number of hydrogen-bond donors (Lipinski definition) is 1. The van der Waals surface area contributed by atoms with Gasteiger partial charge in [-0.05, 0) is 18.2 Å². The molecular weight excluding hydrogens is 244 g/mol. The first kappa shape index (κ1) is 13.8. The normalized spacial score (nSPS) is 16.0. The zero-order valence-electron chi connectivity index (χ0n) is 10.9. The number of carbonyl (C=O) groups is 1. The monoisotopic (exact) mass is 263 g/mol. The van der Waals surface area contributed by atoms with Crippen molar-refractivity contribution < 1.29 is 14.3 Å². The van der Waals surface area contributed by atoms with Crippen molar-refractivity contribution in [2.24, 2.45) is 0 Å². The van der Waals surface area contributed by atoms with Gasteiger partial charge in [0.25, 0.3) is 5.91 Å². The second-order valence-electron chi connectivity index (χ2n) is 4.33. The van der Waals surface area contributed by atoms with E-state index in [0.29, 0.717) is 12.3 Å². The number of nitrogens with zero attached hydrogens (tertiary/aromatic N) is 1. The SMILES string of the molecule is O=C(COc1c[c]ccc1)NCCN1CCOCC1. The highest BCUT2D eigenvalue weighted by Gasteiger charge is 2.10. The molecule has 0 spiro atoms. The first-order valence-electron chi connectivity index (χ1n) is 6.50. The molecule has 1 radical (unpaired) electrons. The van der Waals surface area contributed by atoms with Crippen molar-refractivity contribution in [3.8, 4) is 5.75 Å². The van der Waals surface area contributed by atoms with E-state index in [-0.39, 0.29) is 12.5 Å². The quantitative estimate of drug-likeness (QED) is 0.803. The Morgan fingerprint density at radius 2 is 2.32 bits per heavy atom. The van der Waals surface area contributed by atoms with Gasteiger partial charge in [-0.15, -0.1) is 0 Å². The molecule has 0 unspecified atom stereocenters. The average molecular weight is 263 g/mol. The summed E-state index contributed by atoms with van der Waals surface area (Å²) in [5.41, 5.74) is 0. The minimum atomic E-state index is -0.0999. The molecule has 19 heavy (non-hydrogen) atoms. The molecule has 0 aliphatic carbocycles. The van der Waals surface area contributed by atoms with E-state index in [4.69, 9.17) is 9.47 Å². The number of amides is 1. The van der Waals surface area contributed by atoms with Crippen molar-refractivity contribution in [3.05, 3.63) is 30.3 Å². The van der Waals surface area contributed by atoms with Crippen LogP contribution in [-0.2, 0) is 9.53 Å². The molecule has 1 saturated heterocycles. The van der Waals surface area contributed by atoms with Gasteiger partial charge < -0.3 is 14.8 Å². The number of morpholine rings is 1. The van der Waals surface area contributed by atoms with Crippen LogP contribution in [0.15, 0.2) is 24.3 Å². The van der Waals surface area contributed by atoms with Gasteiger partial charge in [0, 0.05) is 26.2 Å². The topological polar surface area (TPSA) is 50.8 Å². The molecule has 2 rings (SSSR count). The van der Waals surface area contributed by atoms with Gasteiger partial charge in [0.1, 0.15) is 5.75 Å². The second-order valence-corrected chi connectivity index (χ2v) is 4.33. The van der Waals surface area contributed by atoms with E-state index < -0.39 is 0 Å². The molecule has 0 bridgehead atoms. The molecule has 1 N–H and O–H groups in total. The van der Waals surface area contributed by atoms with E-state index >= 15 is 0 Å². The highest BCUT2D eigenvalue weighted by Crippen LogP contribution is 2.06. The van der Waals surface area contributed by atoms with Gasteiger partial charge in [0.2, 0.25) is 0 Å². The molecule has 103 valence electrons. The third-order valence-corrected chi connectivity index (χ3v) is 2.90. The lowest BCUT2D eigenvalue weighted by atomic mass is 10.3. The Labute approximate surface area is 113 Å². The van der Waals surface area contributed by atoms with Crippen molar-refractivity contribution >= 4 is 5.91 Å². The van der Waals surface area contributed by atoms with Crippen molar-refractivity contribution in [1.29, 1.82) is 0 Å². The summed E-state index contributed by atoms with van der Waals surface area (Å²) in [5.74, 6) is 0.558. The summed E-state index contributed by atoms with van der Waals surface area (Å²) in [6.07, 6.45) is 0. The Morgan fingerprint density at radius 1 is 1.47 bits per heavy atom. The Hall–Kier alpha value is -1.59. The number of ether oxygens (including phenoxy) is 2. The van der Waals surface area contributed by atoms with Gasteiger partial charge >= 0.3 is 0 Å². The van der Waals surface area contributed by atoms with Crippen LogP contribution >= 0.6 is 0 Å². The molecule has 0 saturated carbocycles. The minimum absolute atomic E-state index is 0.0426. The number of carbonyl (C=O) groups excluding carboxylic acids is 1. The highest BCUT2D eigenvalue weighted by atomic mass is 16.5. The molecule has 1 amide bonds. The number of nitrogens with one attached hydrogen (secondary N) is 1. The standard InChI is InChI=1S/C14H19N2O3/c17-14(12-19-13-4-2-1-3-5-13)15-6-7-16-8-10-18-11-9-16/h1-2,4-5H,6-12H2,(H,15,17). The van der Waals surface area contributed by atoms with Gasteiger partial charge in [0.15, 0.2) is 6.61 Å². The number of benzene rings is 1. The van der Waals surface area contributed by atoms with Crippen LogP contribution in [0.2, 0.25) is 0 Å². The largest absolute Gasteiger partial charge is 0.484 e. The van der Waals surface area contributed by atoms with E-state index in [0.717, 1.165) is 32.8 Å². The molecular formula is C14H19N2O3. The predicted molar refractivity (Wildman–Crippen MR) is 71.0 cm³/mol. The van der Waals surface area contributed by atoms with Crippen molar-refractivity contribution in [1.82, 2.24) is 10.2 Å². The maximum Gasteiger partial charge on any atom is 0.257 e. The lowest BCUT2D eigenvalue weighted by molar-refractivity contribution is -0.123. The fourth-order valence-corrected chi connectivity index (χ4v) is 1.84. The predicted octanol–water partition coefficient (Wildman–Crippen LogP) is 0.314. The summed E-state index contributed by atoms with van der Waals surface area (Å²) < 4.78 is 10.6. The molecule has 1 fully saturated rings. The molecule has 5 heteroatoms. The molecule has 0 atom stereocenters. The van der Waals surface area contributed by atoms with Gasteiger partial charge in [0.05, 0.1) is 13.2 Å². The van der Waals surface area contributed by atoms with Crippen LogP contribution in [0.5, 0.6) is 5.75 Å². The summed E-state index contributed by atoms with van der Waals surface area (Å²) in [6, 6.07) is 10.0. The Balaban J connectivity index is 1.57. The molecule has 5 nitrogen and oxygen atoms in total.